The summed E-state index contributed by atoms with van der Waals surface area (Å²) >= 11 is 0. The van der Waals surface area contributed by atoms with E-state index >= 15 is 0 Å². The summed E-state index contributed by atoms with van der Waals surface area (Å²) in [6.07, 6.45) is 0.827. The average Bonchev–Trinajstić information content (AvgIpc) is 2.77. The van der Waals surface area contributed by atoms with Gasteiger partial charge in [0.2, 0.25) is 0 Å². The van der Waals surface area contributed by atoms with Gasteiger partial charge in [-0.05, 0) is 64.1 Å². The molecule has 0 unspecified atom stereocenters. The van der Waals surface area contributed by atoms with Crippen LogP contribution in [-0.4, -0.2) is 18.4 Å². The molecule has 0 aliphatic heterocycles. The van der Waals surface area contributed by atoms with Gasteiger partial charge in [0.1, 0.15) is 0 Å². The van der Waals surface area contributed by atoms with Gasteiger partial charge in [0.25, 0.3) is 0 Å². The molecule has 41 heavy (non-hydrogen) atoms. The molecule has 220 valence electrons. The molecule has 0 atom stereocenters. The van der Waals surface area contributed by atoms with E-state index in [1.807, 2.05) is 50.2 Å². The molecule has 0 fully saturated rings. The Bertz CT molecular complexity index is 1250. The normalized spacial score (nSPS) is 11.5. The summed E-state index contributed by atoms with van der Waals surface area (Å²) in [6.45, 7) is 23.0. The standard InChI is InChI=1S/C29H35NO2.2C3H7O.Ti/c1-18-11-9-13-23(25(18)26-19(2)12-10-14-24(26)31)30-17-20-15-21(28(3,4)5)16-22(27(20)32)29(6,7)8;2*1-3(2)4;/h9-17,31-32H,1-8H3;2*3H,1-2H3;/q;2*-1;+4/p-2. The quantitative estimate of drug-likeness (QED) is 0.276. The average molecular weight is 594 g/mol. The monoisotopic (exact) mass is 593 g/mol. The molecule has 3 aromatic carbocycles. The van der Waals surface area contributed by atoms with E-state index in [-0.39, 0.29) is 44.0 Å². The summed E-state index contributed by atoms with van der Waals surface area (Å²) in [6, 6.07) is 15.1. The topological polar surface area (TPSA) is 105 Å². The summed E-state index contributed by atoms with van der Waals surface area (Å²) in [7, 11) is 0. The van der Waals surface area contributed by atoms with E-state index in [2.05, 4.69) is 41.5 Å². The van der Waals surface area contributed by atoms with Crippen molar-refractivity contribution in [1.29, 1.82) is 0 Å². The first kappa shape index (κ1) is 38.6. The minimum atomic E-state index is -0.417. The Morgan fingerprint density at radius 3 is 1.61 bits per heavy atom. The van der Waals surface area contributed by atoms with E-state index in [1.165, 1.54) is 0 Å². The molecule has 0 spiro atoms. The molecular weight excluding hydrogens is 546 g/mol. The molecule has 3 rings (SSSR count). The molecule has 5 nitrogen and oxygen atoms in total. The third kappa shape index (κ3) is 12.1. The van der Waals surface area contributed by atoms with Crippen LogP contribution < -0.4 is 20.4 Å². The van der Waals surface area contributed by atoms with E-state index in [0.29, 0.717) is 16.8 Å². The van der Waals surface area contributed by atoms with Crippen LogP contribution in [0.15, 0.2) is 53.5 Å². The predicted octanol–water partition coefficient (Wildman–Crippen LogP) is 5.97. The fourth-order valence-corrected chi connectivity index (χ4v) is 3.92. The van der Waals surface area contributed by atoms with Gasteiger partial charge in [-0.3, -0.25) is 4.99 Å². The van der Waals surface area contributed by atoms with Gasteiger partial charge in [0.15, 0.2) is 0 Å². The zero-order valence-electron chi connectivity index (χ0n) is 26.9. The number of benzene rings is 3. The third-order valence-corrected chi connectivity index (χ3v) is 5.87. The Kier molecular flexibility index (Phi) is 15.3. The van der Waals surface area contributed by atoms with Crippen LogP contribution in [0.4, 0.5) is 5.69 Å². The first-order valence-corrected chi connectivity index (χ1v) is 13.9. The number of nitrogens with zero attached hydrogens (tertiary/aromatic N) is 1. The number of aryl methyl sites for hydroxylation is 2. The summed E-state index contributed by atoms with van der Waals surface area (Å²) in [4.78, 5) is 4.74. The summed E-state index contributed by atoms with van der Waals surface area (Å²) < 4.78 is 0. The Morgan fingerprint density at radius 1 is 0.707 bits per heavy atom. The van der Waals surface area contributed by atoms with Crippen molar-refractivity contribution in [3.8, 4) is 22.6 Å². The minimum Gasteiger partial charge on any atom is -0.872 e. The Balaban J connectivity index is 0.00000158. The van der Waals surface area contributed by atoms with Crippen molar-refractivity contribution in [2.45, 2.75) is 106 Å². The second-order valence-electron chi connectivity index (χ2n) is 12.7. The minimum absolute atomic E-state index is 0. The van der Waals surface area contributed by atoms with Gasteiger partial charge >= 0.3 is 21.7 Å². The molecule has 0 amide bonds. The zero-order valence-corrected chi connectivity index (χ0v) is 28.5. The summed E-state index contributed by atoms with van der Waals surface area (Å²) in [5.41, 5.74) is 6.17. The van der Waals surface area contributed by atoms with Crippen molar-refractivity contribution < 1.29 is 42.1 Å². The zero-order chi connectivity index (χ0) is 31.0. The molecule has 0 saturated carbocycles. The number of aliphatic imine (C=N–C) groups is 1. The summed E-state index contributed by atoms with van der Waals surface area (Å²) in [5.74, 6) is -0.0196. The van der Waals surface area contributed by atoms with Gasteiger partial charge in [-0.15, -0.1) is 18.0 Å². The van der Waals surface area contributed by atoms with Crippen molar-refractivity contribution in [3.63, 3.8) is 0 Å². The maximum atomic E-state index is 13.3. The molecule has 0 N–H and O–H groups in total. The summed E-state index contributed by atoms with van der Waals surface area (Å²) in [5, 5.41) is 45.0. The van der Waals surface area contributed by atoms with Crippen molar-refractivity contribution in [2.24, 2.45) is 4.99 Å². The van der Waals surface area contributed by atoms with Crippen molar-refractivity contribution in [3.05, 3.63) is 76.3 Å². The van der Waals surface area contributed by atoms with Crippen molar-refractivity contribution in [2.75, 3.05) is 0 Å². The second kappa shape index (κ2) is 16.3. The van der Waals surface area contributed by atoms with Crippen LogP contribution in [0.5, 0.6) is 11.5 Å². The molecule has 0 bridgehead atoms. The number of hydrogen-bond donors (Lipinski definition) is 0. The first-order valence-electron chi connectivity index (χ1n) is 13.9. The van der Waals surface area contributed by atoms with Crippen molar-refractivity contribution >= 4 is 11.9 Å². The Morgan fingerprint density at radius 2 is 1.17 bits per heavy atom. The molecule has 0 aromatic heterocycles. The number of rotatable bonds is 3. The van der Waals surface area contributed by atoms with Crippen LogP contribution in [0.2, 0.25) is 0 Å². The van der Waals surface area contributed by atoms with E-state index < -0.39 is 12.2 Å². The maximum absolute atomic E-state index is 13.3. The predicted molar refractivity (Wildman–Crippen MR) is 162 cm³/mol. The van der Waals surface area contributed by atoms with E-state index in [4.69, 9.17) is 4.99 Å². The van der Waals surface area contributed by atoms with Crippen LogP contribution in [0.3, 0.4) is 0 Å². The molecule has 0 aliphatic rings. The molecule has 3 aromatic rings. The van der Waals surface area contributed by atoms with Crippen LogP contribution >= 0.6 is 0 Å². The SMILES string of the molecule is CC(C)[O-].CC(C)[O-].Cc1cccc([O-])c1-c1c(C)cccc1N=Cc1cc(C(C)(C)C)cc(C(C)(C)C)c1[O-].[Ti+4]. The number of hydrogen-bond acceptors (Lipinski definition) is 5. The van der Waals surface area contributed by atoms with Crippen LogP contribution in [0.25, 0.3) is 11.1 Å². The van der Waals surface area contributed by atoms with E-state index in [1.54, 1.807) is 46.0 Å². The first-order chi connectivity index (χ1) is 18.3. The Hall–Kier alpha value is -2.44. The third-order valence-electron chi connectivity index (χ3n) is 5.87. The van der Waals surface area contributed by atoms with E-state index in [9.17, 15) is 20.4 Å². The van der Waals surface area contributed by atoms with Crippen LogP contribution in [-0.2, 0) is 32.5 Å². The van der Waals surface area contributed by atoms with Crippen LogP contribution in [0, 0.1) is 13.8 Å². The molecule has 0 radical (unpaired) electrons. The second-order valence-corrected chi connectivity index (χ2v) is 12.7. The molecule has 6 heteroatoms. The van der Waals surface area contributed by atoms with Gasteiger partial charge in [-0.25, -0.2) is 0 Å². The maximum Gasteiger partial charge on any atom is 4.00 e. The van der Waals surface area contributed by atoms with Gasteiger partial charge in [-0.2, -0.15) is 0 Å². The van der Waals surface area contributed by atoms with Crippen LogP contribution in [0.1, 0.15) is 97.1 Å². The molecule has 0 aliphatic carbocycles. The Labute approximate surface area is 263 Å². The molecule has 0 saturated heterocycles. The van der Waals surface area contributed by atoms with Gasteiger partial charge < -0.3 is 20.4 Å². The van der Waals surface area contributed by atoms with Crippen molar-refractivity contribution in [1.82, 2.24) is 0 Å². The fraction of sp³-hybridized carbons (Fsp3) is 0.457. The van der Waals surface area contributed by atoms with Gasteiger partial charge in [-0.1, -0.05) is 117 Å². The largest absolute Gasteiger partial charge is 4.00 e. The fourth-order valence-electron chi connectivity index (χ4n) is 3.92. The van der Waals surface area contributed by atoms with Gasteiger partial charge in [0, 0.05) is 11.8 Å². The molecular formula is C35H47NO4Ti. The molecule has 0 heterocycles. The van der Waals surface area contributed by atoms with E-state index in [0.717, 1.165) is 27.8 Å². The van der Waals surface area contributed by atoms with Gasteiger partial charge in [0.05, 0.1) is 5.69 Å². The smallest absolute Gasteiger partial charge is 0.872 e.